The minimum Gasteiger partial charge on any atom is -0.478 e. The molecule has 0 aliphatic heterocycles. The number of ether oxygens (including phenoxy) is 1. The lowest BCUT2D eigenvalue weighted by atomic mass is 10.0. The average Bonchev–Trinajstić information content (AvgIpc) is 2.71. The molecule has 2 aromatic carbocycles. The van der Waals surface area contributed by atoms with Gasteiger partial charge in [0, 0.05) is 5.69 Å². The highest BCUT2D eigenvalue weighted by Gasteiger charge is 2.18. The molecule has 0 saturated heterocycles. The first-order valence-corrected chi connectivity index (χ1v) is 8.83. The molecular formula is C19H17N5O6. The summed E-state index contributed by atoms with van der Waals surface area (Å²) >= 11 is 0. The predicted molar refractivity (Wildman–Crippen MR) is 108 cm³/mol. The van der Waals surface area contributed by atoms with Crippen LogP contribution in [0.3, 0.4) is 0 Å². The summed E-state index contributed by atoms with van der Waals surface area (Å²) in [7, 11) is 0. The smallest absolute Gasteiger partial charge is 0.336 e. The van der Waals surface area contributed by atoms with E-state index in [1.54, 1.807) is 37.3 Å². The topological polar surface area (TPSA) is 157 Å². The number of rotatable bonds is 8. The highest BCUT2D eigenvalue weighted by atomic mass is 16.6. The van der Waals surface area contributed by atoms with E-state index in [0.717, 1.165) is 6.20 Å². The Labute approximate surface area is 169 Å². The van der Waals surface area contributed by atoms with Gasteiger partial charge in [-0.2, -0.15) is 4.98 Å². The van der Waals surface area contributed by atoms with Crippen LogP contribution in [-0.4, -0.2) is 45.1 Å². The summed E-state index contributed by atoms with van der Waals surface area (Å²) in [5.41, 5.74) is 0.334. The molecule has 0 atom stereocenters. The van der Waals surface area contributed by atoms with Gasteiger partial charge in [-0.3, -0.25) is 14.9 Å². The normalized spacial score (nSPS) is 10.4. The summed E-state index contributed by atoms with van der Waals surface area (Å²) < 4.78 is 4.79. The number of nitrogens with zero attached hydrogens (tertiary/aromatic N) is 3. The van der Waals surface area contributed by atoms with Gasteiger partial charge >= 0.3 is 17.6 Å². The number of fused-ring (bicyclic) bond motifs is 1. The third-order valence-corrected chi connectivity index (χ3v) is 4.04. The van der Waals surface area contributed by atoms with Crippen molar-refractivity contribution in [2.24, 2.45) is 0 Å². The van der Waals surface area contributed by atoms with Crippen molar-refractivity contribution in [3.63, 3.8) is 0 Å². The number of carboxylic acid groups (broad SMARTS) is 1. The van der Waals surface area contributed by atoms with Crippen molar-refractivity contribution in [1.29, 1.82) is 0 Å². The lowest BCUT2D eigenvalue weighted by Crippen LogP contribution is -2.18. The van der Waals surface area contributed by atoms with Gasteiger partial charge in [0.15, 0.2) is 0 Å². The van der Waals surface area contributed by atoms with Crippen molar-refractivity contribution < 1.29 is 24.4 Å². The van der Waals surface area contributed by atoms with Crippen LogP contribution in [0.4, 0.5) is 23.1 Å². The van der Waals surface area contributed by atoms with Crippen molar-refractivity contribution in [1.82, 2.24) is 9.97 Å². The number of benzene rings is 2. The third-order valence-electron chi connectivity index (χ3n) is 4.04. The van der Waals surface area contributed by atoms with E-state index >= 15 is 0 Å². The molecule has 0 amide bonds. The van der Waals surface area contributed by atoms with E-state index in [9.17, 15) is 24.8 Å². The second-order valence-electron chi connectivity index (χ2n) is 6.01. The van der Waals surface area contributed by atoms with Crippen molar-refractivity contribution in [3.05, 3.63) is 58.3 Å². The second-order valence-corrected chi connectivity index (χ2v) is 6.01. The number of anilines is 3. The van der Waals surface area contributed by atoms with E-state index in [-0.39, 0.29) is 30.5 Å². The zero-order chi connectivity index (χ0) is 21.7. The van der Waals surface area contributed by atoms with Gasteiger partial charge in [0.1, 0.15) is 12.7 Å². The number of hydrogen-bond acceptors (Lipinski definition) is 9. The number of nitrogens with one attached hydrogen (secondary N) is 2. The van der Waals surface area contributed by atoms with Crippen LogP contribution < -0.4 is 10.6 Å². The zero-order valence-corrected chi connectivity index (χ0v) is 15.8. The van der Waals surface area contributed by atoms with Crippen molar-refractivity contribution >= 4 is 45.9 Å². The van der Waals surface area contributed by atoms with Crippen LogP contribution in [0.1, 0.15) is 17.3 Å². The summed E-state index contributed by atoms with van der Waals surface area (Å²) in [6.45, 7) is 1.54. The average molecular weight is 411 g/mol. The minimum absolute atomic E-state index is 0.0562. The van der Waals surface area contributed by atoms with Crippen LogP contribution in [0.2, 0.25) is 0 Å². The molecule has 3 rings (SSSR count). The molecule has 30 heavy (non-hydrogen) atoms. The van der Waals surface area contributed by atoms with Gasteiger partial charge in [-0.05, 0) is 35.9 Å². The van der Waals surface area contributed by atoms with Gasteiger partial charge in [0.2, 0.25) is 11.8 Å². The molecule has 11 nitrogen and oxygen atoms in total. The first-order chi connectivity index (χ1) is 14.4. The van der Waals surface area contributed by atoms with Gasteiger partial charge in [-0.15, -0.1) is 0 Å². The molecular weight excluding hydrogens is 394 g/mol. The fourth-order valence-corrected chi connectivity index (χ4v) is 2.74. The Balaban J connectivity index is 1.87. The van der Waals surface area contributed by atoms with Crippen LogP contribution in [-0.2, 0) is 9.53 Å². The van der Waals surface area contributed by atoms with Gasteiger partial charge in [0.05, 0.1) is 17.1 Å². The molecule has 0 spiro atoms. The van der Waals surface area contributed by atoms with Crippen LogP contribution in [0.5, 0.6) is 0 Å². The summed E-state index contributed by atoms with van der Waals surface area (Å²) in [5.74, 6) is -1.69. The fraction of sp³-hybridized carbons (Fsp3) is 0.158. The Morgan fingerprint density at radius 3 is 2.77 bits per heavy atom. The molecule has 3 aromatic rings. The van der Waals surface area contributed by atoms with Crippen LogP contribution >= 0.6 is 0 Å². The van der Waals surface area contributed by atoms with E-state index < -0.39 is 22.5 Å². The maximum Gasteiger partial charge on any atom is 0.336 e. The number of aromatic carboxylic acids is 1. The minimum atomic E-state index is -1.03. The van der Waals surface area contributed by atoms with Crippen molar-refractivity contribution in [3.8, 4) is 0 Å². The SMILES string of the molecule is CCOC(=O)CNc1nc(Nc2ccc3c(C(=O)O)cccc3c2)ncc1[N+](=O)[O-]. The van der Waals surface area contributed by atoms with Crippen LogP contribution in [0, 0.1) is 10.1 Å². The zero-order valence-electron chi connectivity index (χ0n) is 15.8. The Morgan fingerprint density at radius 1 is 1.27 bits per heavy atom. The molecule has 0 aliphatic rings. The van der Waals surface area contributed by atoms with Crippen molar-refractivity contribution in [2.75, 3.05) is 23.8 Å². The predicted octanol–water partition coefficient (Wildman–Crippen LogP) is 2.95. The maximum absolute atomic E-state index is 11.5. The lowest BCUT2D eigenvalue weighted by molar-refractivity contribution is -0.384. The molecule has 0 bridgehead atoms. The van der Waals surface area contributed by atoms with Gasteiger partial charge in [0.25, 0.3) is 0 Å². The van der Waals surface area contributed by atoms with Crippen LogP contribution in [0.25, 0.3) is 10.8 Å². The largest absolute Gasteiger partial charge is 0.478 e. The summed E-state index contributed by atoms with van der Waals surface area (Å²) in [6, 6.07) is 9.90. The van der Waals surface area contributed by atoms with Gasteiger partial charge < -0.3 is 20.5 Å². The third kappa shape index (κ3) is 4.58. The quantitative estimate of drug-likeness (QED) is 0.286. The molecule has 0 radical (unpaired) electrons. The lowest BCUT2D eigenvalue weighted by Gasteiger charge is -2.10. The molecule has 154 valence electrons. The summed E-state index contributed by atoms with van der Waals surface area (Å²) in [6.07, 6.45) is 1.02. The number of esters is 1. The molecule has 0 unspecified atom stereocenters. The molecule has 1 heterocycles. The number of carbonyl (C=O) groups excluding carboxylic acids is 1. The number of carbonyl (C=O) groups is 2. The van der Waals surface area contributed by atoms with Gasteiger partial charge in [-0.1, -0.05) is 18.2 Å². The summed E-state index contributed by atoms with van der Waals surface area (Å²) in [5, 5.41) is 27.2. The molecule has 3 N–H and O–H groups in total. The van der Waals surface area contributed by atoms with E-state index in [2.05, 4.69) is 20.6 Å². The van der Waals surface area contributed by atoms with E-state index in [1.807, 2.05) is 0 Å². The van der Waals surface area contributed by atoms with Crippen molar-refractivity contribution in [2.45, 2.75) is 6.92 Å². The molecule has 0 fully saturated rings. The standard InChI is InChI=1S/C19H17N5O6/c1-2-30-16(25)10-20-17-15(24(28)29)9-21-19(23-17)22-12-6-7-13-11(8-12)4-3-5-14(13)18(26)27/h3-9H,2,10H2,1H3,(H,26,27)(H2,20,21,22,23). The van der Waals surface area contributed by atoms with Gasteiger partial charge in [-0.25, -0.2) is 9.78 Å². The van der Waals surface area contributed by atoms with E-state index in [1.165, 1.54) is 6.07 Å². The Morgan fingerprint density at radius 2 is 2.07 bits per heavy atom. The number of carboxylic acids is 1. The Kier molecular flexibility index (Phi) is 6.01. The monoisotopic (exact) mass is 411 g/mol. The Bertz CT molecular complexity index is 1130. The highest BCUT2D eigenvalue weighted by molar-refractivity contribution is 6.04. The van der Waals surface area contributed by atoms with E-state index in [0.29, 0.717) is 16.5 Å². The maximum atomic E-state index is 11.5. The fourth-order valence-electron chi connectivity index (χ4n) is 2.74. The molecule has 0 saturated carbocycles. The van der Waals surface area contributed by atoms with E-state index in [4.69, 9.17) is 4.74 Å². The number of hydrogen-bond donors (Lipinski definition) is 3. The molecule has 11 heteroatoms. The number of nitro groups is 1. The van der Waals surface area contributed by atoms with Crippen LogP contribution in [0.15, 0.2) is 42.6 Å². The Hall–Kier alpha value is -4.28. The molecule has 1 aromatic heterocycles. The first kappa shape index (κ1) is 20.5. The first-order valence-electron chi connectivity index (χ1n) is 8.83. The molecule has 0 aliphatic carbocycles. The number of aromatic nitrogens is 2. The second kappa shape index (κ2) is 8.82. The highest BCUT2D eigenvalue weighted by Crippen LogP contribution is 2.26. The summed E-state index contributed by atoms with van der Waals surface area (Å²) in [4.78, 5) is 41.4.